The Balaban J connectivity index is 1.56. The number of rotatable bonds is 7. The lowest BCUT2D eigenvalue weighted by atomic mass is 10.2. The molecular weight excluding hydrogens is 424 g/mol. The molecule has 0 radical (unpaired) electrons. The summed E-state index contributed by atoms with van der Waals surface area (Å²) in [5, 5.41) is 5.23. The molecule has 0 aliphatic heterocycles. The number of anilines is 1. The minimum Gasteiger partial charge on any atom is -0.485 e. The Bertz CT molecular complexity index is 966. The van der Waals surface area contributed by atoms with Crippen LogP contribution in [0.25, 0.3) is 0 Å². The molecule has 2 N–H and O–H groups in total. The molecular formula is C20H17BrN4O3. The van der Waals surface area contributed by atoms with Crippen LogP contribution in [0.5, 0.6) is 5.75 Å². The van der Waals surface area contributed by atoms with Crippen molar-refractivity contribution in [3.05, 3.63) is 82.7 Å². The van der Waals surface area contributed by atoms with Crippen LogP contribution in [-0.2, 0) is 11.4 Å². The van der Waals surface area contributed by atoms with E-state index in [1.807, 2.05) is 18.2 Å². The highest BCUT2D eigenvalue weighted by Crippen LogP contribution is 2.22. The number of nitrogens with zero attached hydrogens (tertiary/aromatic N) is 2. The lowest BCUT2D eigenvalue weighted by Gasteiger charge is -2.12. The molecule has 0 saturated carbocycles. The third kappa shape index (κ3) is 5.62. The maximum atomic E-state index is 12.2. The lowest BCUT2D eigenvalue weighted by molar-refractivity contribution is -0.115. The van der Waals surface area contributed by atoms with E-state index in [4.69, 9.17) is 4.74 Å². The Hall–Kier alpha value is -3.26. The third-order valence-corrected chi connectivity index (χ3v) is 4.16. The van der Waals surface area contributed by atoms with Crippen LogP contribution in [0.4, 0.5) is 5.82 Å². The first kappa shape index (κ1) is 19.5. The van der Waals surface area contributed by atoms with Gasteiger partial charge in [-0.3, -0.25) is 14.6 Å². The van der Waals surface area contributed by atoms with E-state index in [2.05, 4.69) is 36.5 Å². The second kappa shape index (κ2) is 9.61. The van der Waals surface area contributed by atoms with Crippen molar-refractivity contribution in [2.45, 2.75) is 6.61 Å². The van der Waals surface area contributed by atoms with Crippen LogP contribution in [0.2, 0.25) is 0 Å². The van der Waals surface area contributed by atoms with Crippen molar-refractivity contribution in [1.82, 2.24) is 15.3 Å². The van der Waals surface area contributed by atoms with Gasteiger partial charge in [-0.25, -0.2) is 4.98 Å². The van der Waals surface area contributed by atoms with Crippen molar-refractivity contribution in [2.24, 2.45) is 0 Å². The summed E-state index contributed by atoms with van der Waals surface area (Å²) in [5.41, 5.74) is 1.40. The highest BCUT2D eigenvalue weighted by molar-refractivity contribution is 9.10. The Kier molecular flexibility index (Phi) is 6.69. The SMILES string of the molecule is O=C(CNC(=O)c1cccc(Br)c1)Nc1ncccc1OCc1ccncc1. The van der Waals surface area contributed by atoms with E-state index >= 15 is 0 Å². The quantitative estimate of drug-likeness (QED) is 0.588. The number of amides is 2. The topological polar surface area (TPSA) is 93.2 Å². The van der Waals surface area contributed by atoms with Crippen molar-refractivity contribution in [1.29, 1.82) is 0 Å². The van der Waals surface area contributed by atoms with Gasteiger partial charge in [0.25, 0.3) is 5.91 Å². The normalized spacial score (nSPS) is 10.2. The van der Waals surface area contributed by atoms with Gasteiger partial charge in [0.2, 0.25) is 5.91 Å². The molecule has 0 aliphatic carbocycles. The van der Waals surface area contributed by atoms with Crippen LogP contribution in [0.1, 0.15) is 15.9 Å². The Morgan fingerprint density at radius 2 is 1.86 bits per heavy atom. The van der Waals surface area contributed by atoms with Gasteiger partial charge in [-0.05, 0) is 48.0 Å². The van der Waals surface area contributed by atoms with Gasteiger partial charge in [-0.1, -0.05) is 22.0 Å². The van der Waals surface area contributed by atoms with Crippen molar-refractivity contribution < 1.29 is 14.3 Å². The number of hydrogen-bond acceptors (Lipinski definition) is 5. The molecule has 0 bridgehead atoms. The minimum atomic E-state index is -0.407. The van der Waals surface area contributed by atoms with Gasteiger partial charge in [0, 0.05) is 28.6 Å². The average molecular weight is 441 g/mol. The molecule has 142 valence electrons. The first-order valence-corrected chi connectivity index (χ1v) is 9.21. The predicted molar refractivity (Wildman–Crippen MR) is 108 cm³/mol. The standard InChI is InChI=1S/C20H17BrN4O3/c21-16-4-1-3-15(11-16)20(27)24-12-18(26)25-19-17(5-2-8-23-19)28-13-14-6-9-22-10-7-14/h1-11H,12-13H2,(H,24,27)(H,23,25,26). The highest BCUT2D eigenvalue weighted by Gasteiger charge is 2.12. The number of carbonyl (C=O) groups excluding carboxylic acids is 2. The van der Waals surface area contributed by atoms with Crippen LogP contribution in [-0.4, -0.2) is 28.3 Å². The van der Waals surface area contributed by atoms with Crippen LogP contribution in [0.15, 0.2) is 71.6 Å². The highest BCUT2D eigenvalue weighted by atomic mass is 79.9. The van der Waals surface area contributed by atoms with E-state index in [9.17, 15) is 9.59 Å². The second-order valence-corrected chi connectivity index (χ2v) is 6.65. The van der Waals surface area contributed by atoms with Crippen LogP contribution < -0.4 is 15.4 Å². The summed E-state index contributed by atoms with van der Waals surface area (Å²) < 4.78 is 6.52. The zero-order valence-electron chi connectivity index (χ0n) is 14.8. The summed E-state index contributed by atoms with van der Waals surface area (Å²) in [4.78, 5) is 32.4. The summed E-state index contributed by atoms with van der Waals surface area (Å²) >= 11 is 3.31. The van der Waals surface area contributed by atoms with Crippen molar-refractivity contribution in [2.75, 3.05) is 11.9 Å². The van der Waals surface area contributed by atoms with Crippen molar-refractivity contribution in [3.63, 3.8) is 0 Å². The molecule has 2 amide bonds. The second-order valence-electron chi connectivity index (χ2n) is 5.74. The van der Waals surface area contributed by atoms with E-state index < -0.39 is 5.91 Å². The number of nitrogens with one attached hydrogen (secondary N) is 2. The molecule has 2 heterocycles. The number of benzene rings is 1. The van der Waals surface area contributed by atoms with Crippen molar-refractivity contribution in [3.8, 4) is 5.75 Å². The number of halogens is 1. The summed E-state index contributed by atoms with van der Waals surface area (Å²) in [6.45, 7) is 0.127. The first-order chi connectivity index (χ1) is 13.6. The largest absolute Gasteiger partial charge is 0.485 e. The molecule has 0 atom stereocenters. The Morgan fingerprint density at radius 1 is 1.04 bits per heavy atom. The smallest absolute Gasteiger partial charge is 0.251 e. The fourth-order valence-electron chi connectivity index (χ4n) is 2.31. The molecule has 3 aromatic rings. The molecule has 0 aliphatic rings. The third-order valence-electron chi connectivity index (χ3n) is 3.67. The fourth-order valence-corrected chi connectivity index (χ4v) is 2.71. The van der Waals surface area contributed by atoms with Gasteiger partial charge < -0.3 is 15.4 Å². The molecule has 0 spiro atoms. The van der Waals surface area contributed by atoms with E-state index in [1.54, 1.807) is 48.9 Å². The molecule has 2 aromatic heterocycles. The van der Waals surface area contributed by atoms with E-state index in [0.29, 0.717) is 23.7 Å². The maximum absolute atomic E-state index is 12.2. The van der Waals surface area contributed by atoms with Crippen LogP contribution in [0, 0.1) is 0 Å². The minimum absolute atomic E-state index is 0.189. The molecule has 0 unspecified atom stereocenters. The summed E-state index contributed by atoms with van der Waals surface area (Å²) in [5.74, 6) is -0.0216. The maximum Gasteiger partial charge on any atom is 0.251 e. The Morgan fingerprint density at radius 3 is 2.64 bits per heavy atom. The summed E-state index contributed by atoms with van der Waals surface area (Å²) in [6, 6.07) is 14.0. The summed E-state index contributed by atoms with van der Waals surface area (Å²) in [6.07, 6.45) is 4.91. The number of aromatic nitrogens is 2. The molecule has 0 saturated heterocycles. The molecule has 1 aromatic carbocycles. The number of hydrogen-bond donors (Lipinski definition) is 2. The monoisotopic (exact) mass is 440 g/mol. The molecule has 0 fully saturated rings. The lowest BCUT2D eigenvalue weighted by Crippen LogP contribution is -2.33. The average Bonchev–Trinajstić information content (AvgIpc) is 2.72. The van der Waals surface area contributed by atoms with Gasteiger partial charge >= 0.3 is 0 Å². The fraction of sp³-hybridized carbons (Fsp3) is 0.100. The number of ether oxygens (including phenoxy) is 1. The summed E-state index contributed by atoms with van der Waals surface area (Å²) in [7, 11) is 0. The number of carbonyl (C=O) groups is 2. The van der Waals surface area contributed by atoms with Gasteiger partial charge in [-0.15, -0.1) is 0 Å². The zero-order valence-corrected chi connectivity index (χ0v) is 16.3. The molecule has 3 rings (SSSR count). The first-order valence-electron chi connectivity index (χ1n) is 8.42. The van der Waals surface area contributed by atoms with Gasteiger partial charge in [0.05, 0.1) is 6.54 Å². The number of pyridine rings is 2. The predicted octanol–water partition coefficient (Wildman–Crippen LogP) is 3.19. The van der Waals surface area contributed by atoms with E-state index in [0.717, 1.165) is 10.0 Å². The van der Waals surface area contributed by atoms with Gasteiger partial charge in [0.1, 0.15) is 6.61 Å². The van der Waals surface area contributed by atoms with E-state index in [-0.39, 0.29) is 12.5 Å². The van der Waals surface area contributed by atoms with Crippen LogP contribution >= 0.6 is 15.9 Å². The Labute approximate surface area is 170 Å². The zero-order chi connectivity index (χ0) is 19.8. The van der Waals surface area contributed by atoms with E-state index in [1.165, 1.54) is 0 Å². The molecule has 7 nitrogen and oxygen atoms in total. The van der Waals surface area contributed by atoms with Gasteiger partial charge in [0.15, 0.2) is 11.6 Å². The van der Waals surface area contributed by atoms with Gasteiger partial charge in [-0.2, -0.15) is 0 Å². The molecule has 28 heavy (non-hydrogen) atoms. The van der Waals surface area contributed by atoms with Crippen LogP contribution in [0.3, 0.4) is 0 Å². The molecule has 8 heteroatoms. The van der Waals surface area contributed by atoms with Crippen molar-refractivity contribution >= 4 is 33.6 Å².